The molecule has 0 radical (unpaired) electrons. The zero-order valence-electron chi connectivity index (χ0n) is 9.06. The zero-order chi connectivity index (χ0) is 11.8. The van der Waals surface area contributed by atoms with Crippen molar-refractivity contribution in [1.29, 1.82) is 0 Å². The van der Waals surface area contributed by atoms with Gasteiger partial charge >= 0.3 is 0 Å². The van der Waals surface area contributed by atoms with Gasteiger partial charge in [-0.1, -0.05) is 0 Å². The predicted molar refractivity (Wildman–Crippen MR) is 58.9 cm³/mol. The second kappa shape index (κ2) is 3.55. The Balaban J connectivity index is 2.15. The molecule has 0 aliphatic carbocycles. The Bertz CT molecular complexity index is 567. The average molecular weight is 234 g/mol. The van der Waals surface area contributed by atoms with Gasteiger partial charge in [0.25, 0.3) is 0 Å². The Morgan fingerprint density at radius 3 is 2.76 bits per heavy atom. The van der Waals surface area contributed by atoms with Gasteiger partial charge in [0.1, 0.15) is 5.75 Å². The van der Waals surface area contributed by atoms with Gasteiger partial charge in [0.2, 0.25) is 12.7 Å². The summed E-state index contributed by atoms with van der Waals surface area (Å²) in [6.45, 7) is 0.209. The smallest absolute Gasteiger partial charge is 0.239 e. The van der Waals surface area contributed by atoms with Crippen LogP contribution in [0.3, 0.4) is 0 Å². The molecule has 0 spiro atoms. The first kappa shape index (κ1) is 9.76. The van der Waals surface area contributed by atoms with Crippen LogP contribution in [-0.2, 0) is 0 Å². The molecular weight excluding hydrogens is 224 g/mol. The van der Waals surface area contributed by atoms with Gasteiger partial charge in [-0.3, -0.25) is 5.10 Å². The van der Waals surface area contributed by atoms with Gasteiger partial charge in [0.05, 0.1) is 12.7 Å². The maximum Gasteiger partial charge on any atom is 0.239 e. The third-order valence-electron chi connectivity index (χ3n) is 2.45. The van der Waals surface area contributed by atoms with Crippen LogP contribution in [0.2, 0.25) is 0 Å². The number of nitrogen functional groups attached to an aromatic ring is 1. The number of anilines is 1. The molecule has 0 saturated heterocycles. The molecule has 7 nitrogen and oxygen atoms in total. The summed E-state index contributed by atoms with van der Waals surface area (Å²) in [6, 6.07) is 3.53. The predicted octanol–water partition coefficient (Wildman–Crippen LogP) is 0.791. The Morgan fingerprint density at radius 1 is 1.35 bits per heavy atom. The molecule has 1 aromatic carbocycles. The minimum absolute atomic E-state index is 0.180. The molecule has 17 heavy (non-hydrogen) atoms. The number of H-pyrrole nitrogens is 1. The van der Waals surface area contributed by atoms with Crippen molar-refractivity contribution in [3.8, 4) is 28.6 Å². The summed E-state index contributed by atoms with van der Waals surface area (Å²) in [5.74, 6) is 2.62. The number of methoxy groups -OCH3 is 1. The summed E-state index contributed by atoms with van der Waals surface area (Å²) in [6.07, 6.45) is 0. The van der Waals surface area contributed by atoms with Gasteiger partial charge in [-0.05, 0) is 6.07 Å². The fourth-order valence-electron chi connectivity index (χ4n) is 1.67. The molecule has 2 heterocycles. The van der Waals surface area contributed by atoms with Crippen molar-refractivity contribution in [2.75, 3.05) is 19.6 Å². The molecule has 0 bridgehead atoms. The molecule has 0 atom stereocenters. The van der Waals surface area contributed by atoms with Crippen molar-refractivity contribution in [1.82, 2.24) is 15.2 Å². The molecule has 0 saturated carbocycles. The lowest BCUT2D eigenvalue weighted by molar-refractivity contribution is 0.174. The molecule has 3 rings (SSSR count). The molecule has 1 aliphatic heterocycles. The van der Waals surface area contributed by atoms with Crippen LogP contribution in [0.4, 0.5) is 5.95 Å². The lowest BCUT2D eigenvalue weighted by atomic mass is 10.1. The molecular formula is C10H10N4O3. The van der Waals surface area contributed by atoms with Crippen LogP contribution >= 0.6 is 0 Å². The van der Waals surface area contributed by atoms with E-state index in [4.69, 9.17) is 19.9 Å². The first-order chi connectivity index (χ1) is 8.28. The highest BCUT2D eigenvalue weighted by atomic mass is 16.7. The Hall–Kier alpha value is -2.44. The SMILES string of the molecule is COc1cc2c(cc1-c1nc(N)n[nH]1)OCO2. The van der Waals surface area contributed by atoms with E-state index in [9.17, 15) is 0 Å². The number of benzene rings is 1. The third-order valence-corrected chi connectivity index (χ3v) is 2.45. The molecule has 88 valence electrons. The number of ether oxygens (including phenoxy) is 3. The monoisotopic (exact) mass is 234 g/mol. The third kappa shape index (κ3) is 1.52. The van der Waals surface area contributed by atoms with E-state index in [1.807, 2.05) is 0 Å². The van der Waals surface area contributed by atoms with Crippen molar-refractivity contribution in [2.45, 2.75) is 0 Å². The maximum absolute atomic E-state index is 5.47. The number of rotatable bonds is 2. The van der Waals surface area contributed by atoms with Crippen LogP contribution in [0.25, 0.3) is 11.4 Å². The molecule has 3 N–H and O–H groups in total. The molecule has 0 amide bonds. The van der Waals surface area contributed by atoms with Crippen LogP contribution in [0, 0.1) is 0 Å². The minimum Gasteiger partial charge on any atom is -0.496 e. The summed E-state index contributed by atoms with van der Waals surface area (Å²) in [5, 5.41) is 6.50. The highest BCUT2D eigenvalue weighted by molar-refractivity contribution is 5.70. The number of nitrogens with one attached hydrogen (secondary N) is 1. The number of nitrogens with two attached hydrogens (primary N) is 1. The van der Waals surface area contributed by atoms with Crippen LogP contribution < -0.4 is 19.9 Å². The van der Waals surface area contributed by atoms with Crippen LogP contribution in [0.1, 0.15) is 0 Å². The number of hydrogen-bond donors (Lipinski definition) is 2. The molecule has 1 aliphatic rings. The normalized spacial score (nSPS) is 12.8. The highest BCUT2D eigenvalue weighted by Gasteiger charge is 2.20. The Labute approximate surface area is 96.5 Å². The second-order valence-corrected chi connectivity index (χ2v) is 3.45. The summed E-state index contributed by atoms with van der Waals surface area (Å²) >= 11 is 0. The fourth-order valence-corrected chi connectivity index (χ4v) is 1.67. The molecule has 0 fully saturated rings. The molecule has 0 unspecified atom stereocenters. The lowest BCUT2D eigenvalue weighted by Crippen LogP contribution is -1.92. The van der Waals surface area contributed by atoms with Crippen molar-refractivity contribution in [3.05, 3.63) is 12.1 Å². The number of fused-ring (bicyclic) bond motifs is 1. The molecule has 1 aromatic heterocycles. The standard InChI is InChI=1S/C10H10N4O3/c1-15-6-3-8-7(16-4-17-8)2-5(6)9-12-10(11)14-13-9/h2-3H,4H2,1H3,(H3,11,12,13,14). The van der Waals surface area contributed by atoms with E-state index in [0.717, 1.165) is 5.56 Å². The molecule has 7 heteroatoms. The highest BCUT2D eigenvalue weighted by Crippen LogP contribution is 2.41. The largest absolute Gasteiger partial charge is 0.496 e. The number of aromatic nitrogens is 3. The van der Waals surface area contributed by atoms with Crippen molar-refractivity contribution >= 4 is 5.95 Å². The summed E-state index contributed by atoms with van der Waals surface area (Å²) in [4.78, 5) is 4.05. The van der Waals surface area contributed by atoms with Crippen molar-refractivity contribution < 1.29 is 14.2 Å². The summed E-state index contributed by atoms with van der Waals surface area (Å²) in [5.41, 5.74) is 6.19. The van der Waals surface area contributed by atoms with Crippen LogP contribution in [0.15, 0.2) is 12.1 Å². The number of aromatic amines is 1. The van der Waals surface area contributed by atoms with Gasteiger partial charge in [0, 0.05) is 6.07 Å². The van der Waals surface area contributed by atoms with E-state index in [1.165, 1.54) is 0 Å². The summed E-state index contributed by atoms with van der Waals surface area (Å²) < 4.78 is 15.8. The van der Waals surface area contributed by atoms with E-state index >= 15 is 0 Å². The van der Waals surface area contributed by atoms with E-state index in [-0.39, 0.29) is 12.7 Å². The lowest BCUT2D eigenvalue weighted by Gasteiger charge is -2.07. The first-order valence-electron chi connectivity index (χ1n) is 4.94. The van der Waals surface area contributed by atoms with Crippen LogP contribution in [0.5, 0.6) is 17.2 Å². The molecule has 2 aromatic rings. The van der Waals surface area contributed by atoms with Crippen molar-refractivity contribution in [3.63, 3.8) is 0 Å². The minimum atomic E-state index is 0.180. The van der Waals surface area contributed by atoms with E-state index in [0.29, 0.717) is 23.1 Å². The van der Waals surface area contributed by atoms with E-state index in [2.05, 4.69) is 15.2 Å². The van der Waals surface area contributed by atoms with E-state index in [1.54, 1.807) is 19.2 Å². The summed E-state index contributed by atoms with van der Waals surface area (Å²) in [7, 11) is 1.57. The maximum atomic E-state index is 5.47. The van der Waals surface area contributed by atoms with Gasteiger partial charge in [0.15, 0.2) is 17.3 Å². The number of nitrogens with zero attached hydrogens (tertiary/aromatic N) is 2. The van der Waals surface area contributed by atoms with Gasteiger partial charge in [-0.25, -0.2) is 0 Å². The fraction of sp³-hybridized carbons (Fsp3) is 0.200. The van der Waals surface area contributed by atoms with Crippen LogP contribution in [-0.4, -0.2) is 29.1 Å². The zero-order valence-corrected chi connectivity index (χ0v) is 9.06. The van der Waals surface area contributed by atoms with Gasteiger partial charge < -0.3 is 19.9 Å². The Kier molecular flexibility index (Phi) is 2.04. The topological polar surface area (TPSA) is 95.3 Å². The van der Waals surface area contributed by atoms with Crippen molar-refractivity contribution in [2.24, 2.45) is 0 Å². The first-order valence-corrected chi connectivity index (χ1v) is 4.94. The quantitative estimate of drug-likeness (QED) is 0.797. The van der Waals surface area contributed by atoms with E-state index < -0.39 is 0 Å². The number of hydrogen-bond acceptors (Lipinski definition) is 6. The average Bonchev–Trinajstić information content (AvgIpc) is 2.94. The second-order valence-electron chi connectivity index (χ2n) is 3.45. The Morgan fingerprint density at radius 2 is 2.12 bits per heavy atom. The van der Waals surface area contributed by atoms with Gasteiger partial charge in [-0.2, -0.15) is 4.98 Å². The van der Waals surface area contributed by atoms with Gasteiger partial charge in [-0.15, -0.1) is 5.10 Å².